The van der Waals surface area contributed by atoms with E-state index in [4.69, 9.17) is 5.11 Å². The SMILES string of the molecule is O=C(O)C1CCCCN1C(=O)CS. The molecule has 1 heterocycles. The van der Waals surface area contributed by atoms with Gasteiger partial charge >= 0.3 is 5.97 Å². The zero-order chi connectivity index (χ0) is 9.84. The Balaban J connectivity index is 2.67. The van der Waals surface area contributed by atoms with E-state index in [1.165, 1.54) is 4.90 Å². The summed E-state index contributed by atoms with van der Waals surface area (Å²) >= 11 is 3.85. The number of carbonyl (C=O) groups is 2. The number of carbonyl (C=O) groups excluding carboxylic acids is 1. The number of nitrogens with zero attached hydrogens (tertiary/aromatic N) is 1. The third-order valence-electron chi connectivity index (χ3n) is 2.24. The van der Waals surface area contributed by atoms with Crippen LogP contribution in [0.1, 0.15) is 19.3 Å². The van der Waals surface area contributed by atoms with Gasteiger partial charge in [0, 0.05) is 6.54 Å². The van der Waals surface area contributed by atoms with Gasteiger partial charge in [-0.15, -0.1) is 0 Å². The molecule has 1 amide bonds. The first-order valence-corrected chi connectivity index (χ1v) is 4.93. The second kappa shape index (κ2) is 4.50. The molecule has 0 bridgehead atoms. The van der Waals surface area contributed by atoms with Crippen molar-refractivity contribution in [2.75, 3.05) is 12.3 Å². The van der Waals surface area contributed by atoms with Crippen LogP contribution in [0.25, 0.3) is 0 Å². The normalized spacial score (nSPS) is 22.8. The largest absolute Gasteiger partial charge is 0.480 e. The lowest BCUT2D eigenvalue weighted by Gasteiger charge is -2.32. The summed E-state index contributed by atoms with van der Waals surface area (Å²) in [4.78, 5) is 23.4. The van der Waals surface area contributed by atoms with E-state index in [2.05, 4.69) is 12.6 Å². The fourth-order valence-electron chi connectivity index (χ4n) is 1.58. The van der Waals surface area contributed by atoms with Crippen LogP contribution in [0.2, 0.25) is 0 Å². The maximum absolute atomic E-state index is 11.3. The molecule has 0 saturated carbocycles. The fourth-order valence-corrected chi connectivity index (χ4v) is 1.76. The molecule has 0 aliphatic carbocycles. The second-order valence-corrected chi connectivity index (χ2v) is 3.41. The first kappa shape index (κ1) is 10.4. The molecule has 0 radical (unpaired) electrons. The van der Waals surface area contributed by atoms with E-state index in [0.29, 0.717) is 13.0 Å². The summed E-state index contributed by atoms with van der Waals surface area (Å²) in [6, 6.07) is -0.631. The zero-order valence-electron chi connectivity index (χ0n) is 7.27. The molecule has 5 heteroatoms. The number of piperidine rings is 1. The molecule has 1 unspecified atom stereocenters. The number of rotatable bonds is 2. The molecule has 0 aromatic heterocycles. The molecule has 1 rings (SSSR count). The number of hydrogen-bond acceptors (Lipinski definition) is 3. The van der Waals surface area contributed by atoms with Gasteiger partial charge in [-0.2, -0.15) is 12.6 Å². The van der Waals surface area contributed by atoms with E-state index in [1.807, 2.05) is 0 Å². The van der Waals surface area contributed by atoms with Gasteiger partial charge in [-0.1, -0.05) is 0 Å². The highest BCUT2D eigenvalue weighted by Crippen LogP contribution is 2.17. The Morgan fingerprint density at radius 1 is 1.46 bits per heavy atom. The van der Waals surface area contributed by atoms with Crippen LogP contribution in [0.5, 0.6) is 0 Å². The monoisotopic (exact) mass is 203 g/mol. The van der Waals surface area contributed by atoms with Crippen LogP contribution < -0.4 is 0 Å². The highest BCUT2D eigenvalue weighted by atomic mass is 32.1. The van der Waals surface area contributed by atoms with Crippen molar-refractivity contribution in [2.24, 2.45) is 0 Å². The summed E-state index contributed by atoms with van der Waals surface area (Å²) < 4.78 is 0. The molecule has 13 heavy (non-hydrogen) atoms. The van der Waals surface area contributed by atoms with Crippen molar-refractivity contribution in [1.29, 1.82) is 0 Å². The van der Waals surface area contributed by atoms with Crippen LogP contribution in [0.15, 0.2) is 0 Å². The zero-order valence-corrected chi connectivity index (χ0v) is 8.17. The molecule has 0 aromatic rings. The predicted octanol–water partition coefficient (Wildman–Crippen LogP) is 0.382. The Labute approximate surface area is 82.3 Å². The summed E-state index contributed by atoms with van der Waals surface area (Å²) in [5.74, 6) is -1.01. The van der Waals surface area contributed by atoms with Gasteiger partial charge in [0.15, 0.2) is 0 Å². The Morgan fingerprint density at radius 3 is 2.69 bits per heavy atom. The molecule has 1 aliphatic heterocycles. The van der Waals surface area contributed by atoms with Crippen molar-refractivity contribution in [3.05, 3.63) is 0 Å². The van der Waals surface area contributed by atoms with E-state index in [9.17, 15) is 9.59 Å². The predicted molar refractivity (Wildman–Crippen MR) is 50.8 cm³/mol. The van der Waals surface area contributed by atoms with Gasteiger partial charge in [-0.05, 0) is 19.3 Å². The van der Waals surface area contributed by atoms with E-state index < -0.39 is 12.0 Å². The first-order chi connectivity index (χ1) is 6.16. The maximum Gasteiger partial charge on any atom is 0.326 e. The third-order valence-corrected chi connectivity index (χ3v) is 2.51. The van der Waals surface area contributed by atoms with Gasteiger partial charge < -0.3 is 10.0 Å². The third kappa shape index (κ3) is 2.37. The molecule has 0 spiro atoms. The van der Waals surface area contributed by atoms with Crippen LogP contribution in [0, 0.1) is 0 Å². The summed E-state index contributed by atoms with van der Waals surface area (Å²) in [5, 5.41) is 8.83. The van der Waals surface area contributed by atoms with Crippen LogP contribution in [-0.4, -0.2) is 40.2 Å². The summed E-state index contributed by atoms with van der Waals surface area (Å²) in [6.45, 7) is 0.552. The summed E-state index contributed by atoms with van der Waals surface area (Å²) in [7, 11) is 0. The fraction of sp³-hybridized carbons (Fsp3) is 0.750. The van der Waals surface area contributed by atoms with E-state index in [0.717, 1.165) is 12.8 Å². The van der Waals surface area contributed by atoms with Crippen molar-refractivity contribution in [2.45, 2.75) is 25.3 Å². The molecule has 74 valence electrons. The van der Waals surface area contributed by atoms with Crippen LogP contribution in [0.4, 0.5) is 0 Å². The Kier molecular flexibility index (Phi) is 3.59. The highest BCUT2D eigenvalue weighted by molar-refractivity contribution is 7.81. The second-order valence-electron chi connectivity index (χ2n) is 3.10. The minimum absolute atomic E-state index is 0.0871. The van der Waals surface area contributed by atoms with Gasteiger partial charge in [0.25, 0.3) is 0 Å². The Bertz CT molecular complexity index is 219. The number of hydrogen-bond donors (Lipinski definition) is 2. The number of carboxylic acids is 1. The number of carboxylic acid groups (broad SMARTS) is 1. The maximum atomic E-state index is 11.3. The van der Waals surface area contributed by atoms with Crippen LogP contribution in [-0.2, 0) is 9.59 Å². The standard InChI is InChI=1S/C8H13NO3S/c10-7(5-13)9-4-2-1-3-6(9)8(11)12/h6,13H,1-5H2,(H,11,12). The Hall–Kier alpha value is -0.710. The lowest BCUT2D eigenvalue weighted by atomic mass is 10.0. The van der Waals surface area contributed by atoms with E-state index in [1.54, 1.807) is 0 Å². The minimum Gasteiger partial charge on any atom is -0.480 e. The summed E-state index contributed by atoms with van der Waals surface area (Å²) in [6.07, 6.45) is 2.34. The van der Waals surface area contributed by atoms with Gasteiger partial charge in [0.2, 0.25) is 5.91 Å². The molecular formula is C8H13NO3S. The molecule has 1 N–H and O–H groups in total. The van der Waals surface area contributed by atoms with Crippen molar-refractivity contribution in [1.82, 2.24) is 4.90 Å². The van der Waals surface area contributed by atoms with E-state index >= 15 is 0 Å². The molecular weight excluding hydrogens is 190 g/mol. The Morgan fingerprint density at radius 2 is 2.15 bits per heavy atom. The van der Waals surface area contributed by atoms with Gasteiger partial charge in [0.05, 0.1) is 5.75 Å². The number of thiol groups is 1. The van der Waals surface area contributed by atoms with Crippen molar-refractivity contribution in [3.8, 4) is 0 Å². The highest BCUT2D eigenvalue weighted by Gasteiger charge is 2.30. The molecule has 1 atom stereocenters. The number of likely N-dealkylation sites (tertiary alicyclic amines) is 1. The quantitative estimate of drug-likeness (QED) is 0.638. The molecule has 1 fully saturated rings. The van der Waals surface area contributed by atoms with Crippen molar-refractivity contribution < 1.29 is 14.7 Å². The molecule has 4 nitrogen and oxygen atoms in total. The van der Waals surface area contributed by atoms with E-state index in [-0.39, 0.29) is 11.7 Å². The average Bonchev–Trinajstić information content (AvgIpc) is 2.16. The first-order valence-electron chi connectivity index (χ1n) is 4.30. The van der Waals surface area contributed by atoms with Crippen molar-refractivity contribution in [3.63, 3.8) is 0 Å². The smallest absolute Gasteiger partial charge is 0.326 e. The lowest BCUT2D eigenvalue weighted by Crippen LogP contribution is -2.48. The van der Waals surface area contributed by atoms with Crippen molar-refractivity contribution >= 4 is 24.5 Å². The van der Waals surface area contributed by atoms with Gasteiger partial charge in [-0.3, -0.25) is 4.79 Å². The number of aliphatic carboxylic acids is 1. The topological polar surface area (TPSA) is 57.6 Å². The lowest BCUT2D eigenvalue weighted by molar-refractivity contribution is -0.150. The van der Waals surface area contributed by atoms with Crippen LogP contribution >= 0.6 is 12.6 Å². The molecule has 1 saturated heterocycles. The summed E-state index contributed by atoms with van der Waals surface area (Å²) in [5.41, 5.74) is 0. The molecule has 0 aromatic carbocycles. The molecule has 1 aliphatic rings. The number of amides is 1. The minimum atomic E-state index is -0.908. The van der Waals surface area contributed by atoms with Gasteiger partial charge in [-0.25, -0.2) is 4.79 Å². The average molecular weight is 203 g/mol. The van der Waals surface area contributed by atoms with Gasteiger partial charge in [0.1, 0.15) is 6.04 Å². The van der Waals surface area contributed by atoms with Crippen LogP contribution in [0.3, 0.4) is 0 Å².